The number of methoxy groups -OCH3 is 1. The topological polar surface area (TPSA) is 97.1 Å². The fraction of sp³-hybridized carbons (Fsp3) is 0.312. The standard InChI is InChI=1S/C16H18FN5O3/c1-20-13-12(14(23)21(2)16(20)24)22(15(18)19-13)8-9-7-10(17)5-4-6-11(9)25-3/h5-7H,4,8H2,1-3H3,(H2,18,19). The number of rotatable bonds is 3. The molecule has 0 spiro atoms. The fourth-order valence-corrected chi connectivity index (χ4v) is 2.84. The Hall–Kier alpha value is -3.10. The summed E-state index contributed by atoms with van der Waals surface area (Å²) >= 11 is 0. The van der Waals surface area contributed by atoms with Gasteiger partial charge in [0.1, 0.15) is 11.6 Å². The second-order valence-electron chi connectivity index (χ2n) is 5.70. The summed E-state index contributed by atoms with van der Waals surface area (Å²) in [6.45, 7) is 0.0801. The zero-order valence-corrected chi connectivity index (χ0v) is 14.1. The van der Waals surface area contributed by atoms with Crippen molar-refractivity contribution in [1.29, 1.82) is 0 Å². The van der Waals surface area contributed by atoms with Crippen molar-refractivity contribution in [1.82, 2.24) is 18.7 Å². The van der Waals surface area contributed by atoms with E-state index in [-0.39, 0.29) is 23.7 Å². The van der Waals surface area contributed by atoms with E-state index in [1.165, 1.54) is 42.5 Å². The summed E-state index contributed by atoms with van der Waals surface area (Å²) in [5, 5.41) is 0. The van der Waals surface area contributed by atoms with E-state index in [9.17, 15) is 14.0 Å². The molecule has 0 aliphatic heterocycles. The van der Waals surface area contributed by atoms with Gasteiger partial charge in [0, 0.05) is 19.7 Å². The lowest BCUT2D eigenvalue weighted by molar-refractivity contribution is 0.296. The maximum atomic E-state index is 13.8. The first kappa shape index (κ1) is 16.7. The third-order valence-electron chi connectivity index (χ3n) is 4.17. The molecule has 1 aliphatic carbocycles. The molecule has 25 heavy (non-hydrogen) atoms. The summed E-state index contributed by atoms with van der Waals surface area (Å²) < 4.78 is 22.8. The van der Waals surface area contributed by atoms with Gasteiger partial charge >= 0.3 is 5.69 Å². The number of ether oxygens (including phenoxy) is 1. The average molecular weight is 347 g/mol. The number of aromatic nitrogens is 4. The number of hydrogen-bond donors (Lipinski definition) is 1. The quantitative estimate of drug-likeness (QED) is 0.883. The molecule has 2 aromatic heterocycles. The second kappa shape index (κ2) is 6.08. The minimum Gasteiger partial charge on any atom is -0.497 e. The van der Waals surface area contributed by atoms with Crippen LogP contribution in [0.3, 0.4) is 0 Å². The Morgan fingerprint density at radius 2 is 2.00 bits per heavy atom. The Labute approximate surface area is 141 Å². The van der Waals surface area contributed by atoms with E-state index < -0.39 is 17.1 Å². The minimum absolute atomic E-state index is 0.0540. The third-order valence-corrected chi connectivity index (χ3v) is 4.17. The zero-order chi connectivity index (χ0) is 18.3. The van der Waals surface area contributed by atoms with Crippen molar-refractivity contribution in [3.63, 3.8) is 0 Å². The predicted molar refractivity (Wildman–Crippen MR) is 91.6 cm³/mol. The van der Waals surface area contributed by atoms with Crippen molar-refractivity contribution < 1.29 is 9.13 Å². The molecule has 0 saturated heterocycles. The van der Waals surface area contributed by atoms with Crippen molar-refractivity contribution in [2.75, 3.05) is 12.8 Å². The first-order chi connectivity index (χ1) is 11.8. The highest BCUT2D eigenvalue weighted by atomic mass is 19.1. The van der Waals surface area contributed by atoms with Gasteiger partial charge in [-0.25, -0.2) is 9.18 Å². The zero-order valence-electron chi connectivity index (χ0n) is 14.1. The van der Waals surface area contributed by atoms with E-state index in [2.05, 4.69) is 4.98 Å². The number of halogens is 1. The number of fused-ring (bicyclic) bond motifs is 1. The molecule has 0 fully saturated rings. The van der Waals surface area contributed by atoms with E-state index in [1.54, 1.807) is 6.08 Å². The lowest BCUT2D eigenvalue weighted by atomic mass is 10.2. The van der Waals surface area contributed by atoms with Crippen LogP contribution in [0, 0.1) is 0 Å². The Kier molecular flexibility index (Phi) is 4.07. The van der Waals surface area contributed by atoms with Crippen LogP contribution < -0.4 is 17.0 Å². The first-order valence-electron chi connectivity index (χ1n) is 7.57. The largest absolute Gasteiger partial charge is 0.497 e. The maximum Gasteiger partial charge on any atom is 0.332 e. The number of allylic oxidation sites excluding steroid dienone is 5. The van der Waals surface area contributed by atoms with Gasteiger partial charge in [-0.1, -0.05) is 0 Å². The fourth-order valence-electron chi connectivity index (χ4n) is 2.84. The second-order valence-corrected chi connectivity index (χ2v) is 5.70. The SMILES string of the molecule is COC1=CCC=C(F)C=C1Cn1c(N)nc2c1c(=O)n(C)c(=O)n2C. The molecule has 0 radical (unpaired) electrons. The van der Waals surface area contributed by atoms with Crippen LogP contribution >= 0.6 is 0 Å². The Balaban J connectivity index is 2.23. The van der Waals surface area contributed by atoms with Crippen molar-refractivity contribution in [2.45, 2.75) is 13.0 Å². The van der Waals surface area contributed by atoms with Gasteiger partial charge in [-0.15, -0.1) is 0 Å². The van der Waals surface area contributed by atoms with Gasteiger partial charge < -0.3 is 10.5 Å². The lowest BCUT2D eigenvalue weighted by Gasteiger charge is -2.13. The maximum absolute atomic E-state index is 13.8. The van der Waals surface area contributed by atoms with Crippen molar-refractivity contribution >= 4 is 17.1 Å². The van der Waals surface area contributed by atoms with E-state index in [0.717, 1.165) is 4.57 Å². The molecule has 0 unspecified atom stereocenters. The molecule has 0 atom stereocenters. The molecular formula is C16H18FN5O3. The Morgan fingerprint density at radius 1 is 1.28 bits per heavy atom. The molecule has 1 aliphatic rings. The van der Waals surface area contributed by atoms with E-state index in [0.29, 0.717) is 17.8 Å². The van der Waals surface area contributed by atoms with Crippen LogP contribution in [-0.4, -0.2) is 25.8 Å². The number of nitrogens with zero attached hydrogens (tertiary/aromatic N) is 4. The van der Waals surface area contributed by atoms with Gasteiger partial charge in [-0.2, -0.15) is 4.98 Å². The number of aryl methyl sites for hydroxylation is 1. The van der Waals surface area contributed by atoms with E-state index in [4.69, 9.17) is 10.5 Å². The molecule has 9 heteroatoms. The molecule has 3 rings (SSSR count). The van der Waals surface area contributed by atoms with Gasteiger partial charge in [-0.3, -0.25) is 18.5 Å². The molecule has 2 N–H and O–H groups in total. The smallest absolute Gasteiger partial charge is 0.332 e. The van der Waals surface area contributed by atoms with Crippen LogP contribution in [0.25, 0.3) is 11.2 Å². The van der Waals surface area contributed by atoms with E-state index in [1.807, 2.05) is 0 Å². The molecule has 132 valence electrons. The summed E-state index contributed by atoms with van der Waals surface area (Å²) in [5.41, 5.74) is 5.81. The molecule has 8 nitrogen and oxygen atoms in total. The summed E-state index contributed by atoms with van der Waals surface area (Å²) in [4.78, 5) is 28.7. The Bertz CT molecular complexity index is 1070. The molecular weight excluding hydrogens is 329 g/mol. The highest BCUT2D eigenvalue weighted by Crippen LogP contribution is 2.24. The number of imidazole rings is 1. The van der Waals surface area contributed by atoms with E-state index >= 15 is 0 Å². The third kappa shape index (κ3) is 2.67. The minimum atomic E-state index is -0.518. The van der Waals surface area contributed by atoms with Gasteiger partial charge in [0.05, 0.1) is 13.7 Å². The Morgan fingerprint density at radius 3 is 2.68 bits per heavy atom. The van der Waals surface area contributed by atoms with Crippen molar-refractivity contribution in [3.05, 3.63) is 56.2 Å². The van der Waals surface area contributed by atoms with Gasteiger partial charge in [0.2, 0.25) is 5.95 Å². The first-order valence-corrected chi connectivity index (χ1v) is 7.57. The number of nitrogens with two attached hydrogens (primary N) is 1. The number of anilines is 1. The van der Waals surface area contributed by atoms with Crippen LogP contribution in [-0.2, 0) is 25.4 Å². The van der Waals surface area contributed by atoms with Crippen LogP contribution in [0.2, 0.25) is 0 Å². The molecule has 0 bridgehead atoms. The molecule has 0 amide bonds. The molecule has 2 heterocycles. The molecule has 0 aromatic carbocycles. The predicted octanol–water partition coefficient (Wildman–Crippen LogP) is 0.730. The van der Waals surface area contributed by atoms with Gasteiger partial charge in [-0.05, 0) is 24.6 Å². The van der Waals surface area contributed by atoms with Gasteiger partial charge in [0.15, 0.2) is 11.2 Å². The summed E-state index contributed by atoms with van der Waals surface area (Å²) in [7, 11) is 4.38. The summed E-state index contributed by atoms with van der Waals surface area (Å²) in [6.07, 6.45) is 4.89. The molecule has 2 aromatic rings. The highest BCUT2D eigenvalue weighted by molar-refractivity contribution is 5.74. The normalized spacial score (nSPS) is 14.8. The molecule has 0 saturated carbocycles. The van der Waals surface area contributed by atoms with Crippen molar-refractivity contribution in [2.24, 2.45) is 14.1 Å². The van der Waals surface area contributed by atoms with Crippen LogP contribution in [0.1, 0.15) is 6.42 Å². The van der Waals surface area contributed by atoms with Gasteiger partial charge in [0.25, 0.3) is 5.56 Å². The van der Waals surface area contributed by atoms with Crippen molar-refractivity contribution in [3.8, 4) is 0 Å². The summed E-state index contributed by atoms with van der Waals surface area (Å²) in [6, 6.07) is 0. The van der Waals surface area contributed by atoms with Crippen LogP contribution in [0.15, 0.2) is 45.0 Å². The monoisotopic (exact) mass is 347 g/mol. The summed E-state index contributed by atoms with van der Waals surface area (Å²) in [5.74, 6) is 0.145. The van der Waals surface area contributed by atoms with Crippen LogP contribution in [0.5, 0.6) is 0 Å². The lowest BCUT2D eigenvalue weighted by Crippen LogP contribution is -2.37. The highest BCUT2D eigenvalue weighted by Gasteiger charge is 2.20. The van der Waals surface area contributed by atoms with Crippen LogP contribution in [0.4, 0.5) is 10.3 Å². The average Bonchev–Trinajstić information content (AvgIpc) is 2.79. The number of nitrogen functional groups attached to an aromatic ring is 1. The number of hydrogen-bond acceptors (Lipinski definition) is 5.